The zero-order valence-electron chi connectivity index (χ0n) is 11.9. The minimum absolute atomic E-state index is 0.0434. The van der Waals surface area contributed by atoms with Gasteiger partial charge >= 0.3 is 0 Å². The van der Waals surface area contributed by atoms with E-state index in [0.717, 1.165) is 31.6 Å². The first-order valence-electron chi connectivity index (χ1n) is 7.32. The van der Waals surface area contributed by atoms with Crippen LogP contribution in [0.15, 0.2) is 29.2 Å². The Balaban J connectivity index is 1.94. The number of hydrogen-bond acceptors (Lipinski definition) is 3. The molecule has 0 spiro atoms. The highest BCUT2D eigenvalue weighted by Gasteiger charge is 2.25. The van der Waals surface area contributed by atoms with Crippen molar-refractivity contribution in [2.75, 3.05) is 0 Å². The minimum Gasteiger partial charge on any atom is -0.508 e. The molecule has 1 saturated carbocycles. The van der Waals surface area contributed by atoms with Crippen molar-refractivity contribution in [2.24, 2.45) is 5.92 Å². The van der Waals surface area contributed by atoms with Gasteiger partial charge in [0.15, 0.2) is 0 Å². The number of phenols is 1. The first kappa shape index (κ1) is 15.3. The van der Waals surface area contributed by atoms with Gasteiger partial charge in [0.25, 0.3) is 0 Å². The standard InChI is InChI=1S/C15H23NO3S/c1-2-3-12-4-6-13(7-5-12)16-20(18,19)15-10-8-14(17)9-11-15/h8-13,16-17H,2-7H2,1H3. The van der Waals surface area contributed by atoms with Crippen LogP contribution >= 0.6 is 0 Å². The van der Waals surface area contributed by atoms with E-state index in [4.69, 9.17) is 0 Å². The molecule has 0 atom stereocenters. The topological polar surface area (TPSA) is 66.4 Å². The van der Waals surface area contributed by atoms with Gasteiger partial charge in [0.1, 0.15) is 5.75 Å². The number of hydrogen-bond donors (Lipinski definition) is 2. The van der Waals surface area contributed by atoms with E-state index in [2.05, 4.69) is 11.6 Å². The van der Waals surface area contributed by atoms with Crippen molar-refractivity contribution < 1.29 is 13.5 Å². The molecule has 0 amide bonds. The molecule has 1 aromatic rings. The van der Waals surface area contributed by atoms with E-state index < -0.39 is 10.0 Å². The lowest BCUT2D eigenvalue weighted by molar-refractivity contribution is 0.297. The molecule has 1 fully saturated rings. The van der Waals surface area contributed by atoms with Crippen molar-refractivity contribution in [2.45, 2.75) is 56.4 Å². The summed E-state index contributed by atoms with van der Waals surface area (Å²) in [4.78, 5) is 0.214. The third kappa shape index (κ3) is 3.96. The molecule has 1 aliphatic rings. The van der Waals surface area contributed by atoms with E-state index in [1.54, 1.807) is 0 Å². The lowest BCUT2D eigenvalue weighted by Gasteiger charge is -2.28. The summed E-state index contributed by atoms with van der Waals surface area (Å²) < 4.78 is 27.2. The average molecular weight is 297 g/mol. The number of phenolic OH excluding ortho intramolecular Hbond substituents is 1. The molecular weight excluding hydrogens is 274 g/mol. The highest BCUT2D eigenvalue weighted by molar-refractivity contribution is 7.89. The van der Waals surface area contributed by atoms with Gasteiger partial charge in [-0.15, -0.1) is 0 Å². The van der Waals surface area contributed by atoms with Crippen molar-refractivity contribution in [1.82, 2.24) is 4.72 Å². The van der Waals surface area contributed by atoms with Crippen molar-refractivity contribution in [3.63, 3.8) is 0 Å². The monoisotopic (exact) mass is 297 g/mol. The van der Waals surface area contributed by atoms with Gasteiger partial charge in [0, 0.05) is 6.04 Å². The second kappa shape index (κ2) is 6.59. The third-order valence-corrected chi connectivity index (χ3v) is 5.55. The Kier molecular flexibility index (Phi) is 5.05. The van der Waals surface area contributed by atoms with Crippen LogP contribution in [0, 0.1) is 5.92 Å². The molecule has 5 heteroatoms. The number of sulfonamides is 1. The fourth-order valence-electron chi connectivity index (χ4n) is 2.89. The van der Waals surface area contributed by atoms with Crippen molar-refractivity contribution in [3.05, 3.63) is 24.3 Å². The summed E-state index contributed by atoms with van der Waals surface area (Å²) in [6.45, 7) is 2.19. The SMILES string of the molecule is CCCC1CCC(NS(=O)(=O)c2ccc(O)cc2)CC1. The molecule has 20 heavy (non-hydrogen) atoms. The second-order valence-corrected chi connectivity index (χ2v) is 7.34. The molecule has 0 aliphatic heterocycles. The van der Waals surface area contributed by atoms with Crippen LogP contribution in [0.5, 0.6) is 5.75 Å². The van der Waals surface area contributed by atoms with Gasteiger partial charge in [0.2, 0.25) is 10.0 Å². The molecule has 0 unspecified atom stereocenters. The molecule has 1 aliphatic carbocycles. The molecular formula is C15H23NO3S. The Bertz CT molecular complexity index is 517. The third-order valence-electron chi connectivity index (χ3n) is 4.01. The van der Waals surface area contributed by atoms with E-state index in [1.165, 1.54) is 37.1 Å². The first-order chi connectivity index (χ1) is 9.51. The van der Waals surface area contributed by atoms with Gasteiger partial charge in [0.05, 0.1) is 4.90 Å². The molecule has 0 radical (unpaired) electrons. The number of rotatable bonds is 5. The molecule has 1 aromatic carbocycles. The van der Waals surface area contributed by atoms with Gasteiger partial charge < -0.3 is 5.11 Å². The van der Waals surface area contributed by atoms with Gasteiger partial charge in [-0.3, -0.25) is 0 Å². The van der Waals surface area contributed by atoms with Crippen LogP contribution in [0.1, 0.15) is 45.4 Å². The molecule has 2 N–H and O–H groups in total. The smallest absolute Gasteiger partial charge is 0.240 e. The lowest BCUT2D eigenvalue weighted by Crippen LogP contribution is -2.37. The zero-order chi connectivity index (χ0) is 14.6. The summed E-state index contributed by atoms with van der Waals surface area (Å²) in [5.74, 6) is 0.832. The molecule has 0 aromatic heterocycles. The summed E-state index contributed by atoms with van der Waals surface area (Å²) in [6, 6.07) is 5.70. The maximum absolute atomic E-state index is 12.2. The second-order valence-electron chi connectivity index (χ2n) is 5.62. The molecule has 112 valence electrons. The number of benzene rings is 1. The summed E-state index contributed by atoms with van der Waals surface area (Å²) >= 11 is 0. The number of nitrogens with one attached hydrogen (secondary N) is 1. The quantitative estimate of drug-likeness (QED) is 0.878. The zero-order valence-corrected chi connectivity index (χ0v) is 12.7. The molecule has 2 rings (SSSR count). The van der Waals surface area contributed by atoms with Crippen LogP contribution in [-0.2, 0) is 10.0 Å². The van der Waals surface area contributed by atoms with Crippen molar-refractivity contribution in [1.29, 1.82) is 0 Å². The Morgan fingerprint density at radius 2 is 1.75 bits per heavy atom. The van der Waals surface area contributed by atoms with E-state index in [1.807, 2.05) is 0 Å². The van der Waals surface area contributed by atoms with Crippen LogP contribution in [0.25, 0.3) is 0 Å². The van der Waals surface area contributed by atoms with Gasteiger partial charge in [-0.2, -0.15) is 0 Å². The summed E-state index contributed by atoms with van der Waals surface area (Å²) in [7, 11) is -3.47. The van der Waals surface area contributed by atoms with Crippen LogP contribution in [0.3, 0.4) is 0 Å². The van der Waals surface area contributed by atoms with Crippen LogP contribution in [-0.4, -0.2) is 19.6 Å². The normalized spacial score (nSPS) is 23.6. The van der Waals surface area contributed by atoms with E-state index in [0.29, 0.717) is 0 Å². The van der Waals surface area contributed by atoms with E-state index in [9.17, 15) is 13.5 Å². The number of aromatic hydroxyl groups is 1. The summed E-state index contributed by atoms with van der Waals surface area (Å²) in [5, 5.41) is 9.21. The van der Waals surface area contributed by atoms with Gasteiger partial charge in [-0.1, -0.05) is 19.8 Å². The highest BCUT2D eigenvalue weighted by atomic mass is 32.2. The van der Waals surface area contributed by atoms with Gasteiger partial charge in [-0.05, 0) is 55.9 Å². The summed E-state index contributed by atoms with van der Waals surface area (Å²) in [6.07, 6.45) is 6.50. The highest BCUT2D eigenvalue weighted by Crippen LogP contribution is 2.28. The maximum Gasteiger partial charge on any atom is 0.240 e. The molecule has 0 heterocycles. The fourth-order valence-corrected chi connectivity index (χ4v) is 4.19. The Hall–Kier alpha value is -1.07. The van der Waals surface area contributed by atoms with E-state index in [-0.39, 0.29) is 16.7 Å². The lowest BCUT2D eigenvalue weighted by atomic mass is 9.84. The Labute approximate surface area is 121 Å². The minimum atomic E-state index is -3.47. The molecule has 4 nitrogen and oxygen atoms in total. The van der Waals surface area contributed by atoms with Crippen molar-refractivity contribution >= 4 is 10.0 Å². The predicted molar refractivity (Wildman–Crippen MR) is 79.1 cm³/mol. The van der Waals surface area contributed by atoms with Crippen LogP contribution < -0.4 is 4.72 Å². The first-order valence-corrected chi connectivity index (χ1v) is 8.81. The van der Waals surface area contributed by atoms with Crippen LogP contribution in [0.4, 0.5) is 0 Å². The summed E-state index contributed by atoms with van der Waals surface area (Å²) in [5.41, 5.74) is 0. The Morgan fingerprint density at radius 1 is 1.15 bits per heavy atom. The van der Waals surface area contributed by atoms with Crippen molar-refractivity contribution in [3.8, 4) is 5.75 Å². The van der Waals surface area contributed by atoms with Gasteiger partial charge in [-0.25, -0.2) is 13.1 Å². The van der Waals surface area contributed by atoms with E-state index >= 15 is 0 Å². The fraction of sp³-hybridized carbons (Fsp3) is 0.600. The molecule has 0 bridgehead atoms. The predicted octanol–water partition coefficient (Wildman–Crippen LogP) is 3.03. The molecule has 0 saturated heterocycles. The average Bonchev–Trinajstić information content (AvgIpc) is 2.41. The van der Waals surface area contributed by atoms with Crippen LogP contribution in [0.2, 0.25) is 0 Å². The Morgan fingerprint density at radius 3 is 2.30 bits per heavy atom. The largest absolute Gasteiger partial charge is 0.508 e. The maximum atomic E-state index is 12.2.